The minimum atomic E-state index is 0. The zero-order valence-corrected chi connectivity index (χ0v) is 19.0. The first-order valence-electron chi connectivity index (χ1n) is 8.70. The average Bonchev–Trinajstić information content (AvgIpc) is 3.35. The molecule has 1 aromatic rings. The van der Waals surface area contributed by atoms with E-state index in [1.54, 1.807) is 0 Å². The maximum Gasteiger partial charge on any atom is 2.00 e. The molecule has 5 rings (SSSR count). The molecule has 10 heteroatoms. The fourth-order valence-corrected chi connectivity index (χ4v) is 3.10. The number of hydrogen-bond acceptors (Lipinski definition) is 8. The van der Waals surface area contributed by atoms with E-state index in [4.69, 9.17) is 4.74 Å². The van der Waals surface area contributed by atoms with Crippen LogP contribution in [0.5, 0.6) is 0 Å². The Bertz CT molecular complexity index is 793. The summed E-state index contributed by atoms with van der Waals surface area (Å²) in [5.74, 6) is 2.39. The number of rotatable bonds is 1. The third kappa shape index (κ3) is 4.57. The molecule has 9 nitrogen and oxygen atoms in total. The predicted molar refractivity (Wildman–Crippen MR) is 94.8 cm³/mol. The van der Waals surface area contributed by atoms with Crippen LogP contribution < -0.4 is 5.10 Å². The molecule has 1 saturated heterocycles. The van der Waals surface area contributed by atoms with Crippen molar-refractivity contribution in [1.82, 2.24) is 25.2 Å². The average molecular weight is 591 g/mol. The van der Waals surface area contributed by atoms with E-state index in [0.717, 1.165) is 69.5 Å². The molecule has 0 atom stereocenters. The molecule has 138 valence electrons. The van der Waals surface area contributed by atoms with Crippen molar-refractivity contribution in [1.29, 1.82) is 0 Å². The smallest absolute Gasteiger partial charge is 0.418 e. The number of carbonyl (C=O) groups excluding carboxylic acids is 1. The summed E-state index contributed by atoms with van der Waals surface area (Å²) >= 11 is 0. The fraction of sp³-hybridized carbons (Fsp3) is 0.471. The predicted octanol–water partition coefficient (Wildman–Crippen LogP) is 0.354. The molecular formula is C17H19N7O2U. The summed E-state index contributed by atoms with van der Waals surface area (Å²) in [6.07, 6.45) is 10.5. The van der Waals surface area contributed by atoms with Crippen LogP contribution in [0.25, 0.3) is 0 Å². The van der Waals surface area contributed by atoms with Gasteiger partial charge in [-0.05, 0) is 43.6 Å². The number of aryl methyl sites for hydroxylation is 1. The van der Waals surface area contributed by atoms with Crippen molar-refractivity contribution in [3.05, 3.63) is 29.4 Å². The van der Waals surface area contributed by atoms with Crippen LogP contribution in [0.15, 0.2) is 33.7 Å². The van der Waals surface area contributed by atoms with Crippen LogP contribution in [0.4, 0.5) is 5.82 Å². The third-order valence-electron chi connectivity index (χ3n) is 4.51. The van der Waals surface area contributed by atoms with Crippen LogP contribution in [-0.2, 0) is 16.0 Å². The van der Waals surface area contributed by atoms with Crippen molar-refractivity contribution in [2.75, 3.05) is 32.8 Å². The van der Waals surface area contributed by atoms with E-state index in [1.165, 1.54) is 0 Å². The molecule has 0 N–H and O–H groups in total. The second-order valence-corrected chi connectivity index (χ2v) is 6.14. The molecule has 1 aromatic heterocycles. The SMILES string of the molecule is C1=Nc2[n-]nnc2CC1.O=[C-]C1=C2N=C(N3CCOCC3)C=CN2CC1.[U+2]. The first-order chi connectivity index (χ1) is 12.8. The molecule has 27 heavy (non-hydrogen) atoms. The van der Waals surface area contributed by atoms with Gasteiger partial charge in [-0.2, -0.15) is 5.21 Å². The number of fused-ring (bicyclic) bond motifs is 2. The number of morpholine rings is 1. The summed E-state index contributed by atoms with van der Waals surface area (Å²) in [7, 11) is 0. The Labute approximate surface area is 181 Å². The largest absolute Gasteiger partial charge is 2.00 e. The Morgan fingerprint density at radius 2 is 2.04 bits per heavy atom. The molecular weight excluding hydrogens is 572 g/mol. The van der Waals surface area contributed by atoms with Gasteiger partial charge in [0.05, 0.1) is 13.2 Å². The van der Waals surface area contributed by atoms with Crippen molar-refractivity contribution in [2.24, 2.45) is 9.98 Å². The second-order valence-electron chi connectivity index (χ2n) is 6.14. The Hall–Kier alpha value is -1.76. The monoisotopic (exact) mass is 591 g/mol. The standard InChI is InChI=1S/C12H14N3O2.C5H5N4.U/c16-9-10-1-3-15-4-2-11(13-12(10)15)14-5-7-17-8-6-14;1-2-4-5(6-3-1)8-9-7-4;/h2,4H,1,3,5-8H2;3H,1-2H2;/q2*-1;+2. The molecule has 0 aliphatic carbocycles. The van der Waals surface area contributed by atoms with Gasteiger partial charge in [0.15, 0.2) is 0 Å². The summed E-state index contributed by atoms with van der Waals surface area (Å²) in [5.41, 5.74) is 1.61. The molecule has 5 heterocycles. The summed E-state index contributed by atoms with van der Waals surface area (Å²) in [4.78, 5) is 23.6. The van der Waals surface area contributed by atoms with Crippen molar-refractivity contribution < 1.29 is 40.6 Å². The molecule has 0 saturated carbocycles. The molecule has 0 spiro atoms. The van der Waals surface area contributed by atoms with Crippen LogP contribution in [-0.4, -0.2) is 71.3 Å². The maximum absolute atomic E-state index is 10.8. The summed E-state index contributed by atoms with van der Waals surface area (Å²) in [6, 6.07) is 0. The molecule has 1 fully saturated rings. The van der Waals surface area contributed by atoms with Crippen molar-refractivity contribution in [3.8, 4) is 0 Å². The zero-order chi connectivity index (χ0) is 17.8. The number of nitrogens with zero attached hydrogens (tertiary/aromatic N) is 7. The minimum Gasteiger partial charge on any atom is -0.418 e. The molecule has 0 radical (unpaired) electrons. The van der Waals surface area contributed by atoms with E-state index in [0.29, 0.717) is 11.4 Å². The quantitative estimate of drug-likeness (QED) is 0.435. The number of aliphatic imine (C=N–C) groups is 2. The van der Waals surface area contributed by atoms with Crippen molar-refractivity contribution >= 4 is 24.2 Å². The number of ether oxygens (including phenoxy) is 1. The Morgan fingerprint density at radius 3 is 2.81 bits per heavy atom. The van der Waals surface area contributed by atoms with Gasteiger partial charge < -0.3 is 29.3 Å². The van der Waals surface area contributed by atoms with Gasteiger partial charge in [0.25, 0.3) is 0 Å². The van der Waals surface area contributed by atoms with Crippen molar-refractivity contribution in [2.45, 2.75) is 19.3 Å². The van der Waals surface area contributed by atoms with Gasteiger partial charge in [0, 0.05) is 31.1 Å². The first-order valence-corrected chi connectivity index (χ1v) is 8.70. The summed E-state index contributed by atoms with van der Waals surface area (Å²) < 4.78 is 5.31. The van der Waals surface area contributed by atoms with Crippen LogP contribution in [0.2, 0.25) is 0 Å². The normalized spacial score (nSPS) is 20.2. The van der Waals surface area contributed by atoms with Gasteiger partial charge in [-0.3, -0.25) is 10.2 Å². The molecule has 4 aliphatic rings. The Balaban J connectivity index is 0.000000178. The Kier molecular flexibility index (Phi) is 6.99. The van der Waals surface area contributed by atoms with E-state index in [1.807, 2.05) is 29.7 Å². The molecule has 0 amide bonds. The molecule has 4 aliphatic heterocycles. The zero-order valence-electron chi connectivity index (χ0n) is 14.8. The van der Waals surface area contributed by atoms with E-state index >= 15 is 0 Å². The maximum atomic E-state index is 10.8. The van der Waals surface area contributed by atoms with Crippen molar-refractivity contribution in [3.63, 3.8) is 0 Å². The minimum absolute atomic E-state index is 0. The number of hydrogen-bond donors (Lipinski definition) is 0. The van der Waals surface area contributed by atoms with E-state index in [2.05, 4.69) is 30.3 Å². The van der Waals surface area contributed by atoms with Crippen LogP contribution in [0.1, 0.15) is 18.5 Å². The van der Waals surface area contributed by atoms with Gasteiger partial charge in [-0.1, -0.05) is 6.21 Å². The molecule has 0 aromatic carbocycles. The van der Waals surface area contributed by atoms with Gasteiger partial charge in [-0.25, -0.2) is 0 Å². The van der Waals surface area contributed by atoms with Gasteiger partial charge in [0.1, 0.15) is 5.84 Å². The van der Waals surface area contributed by atoms with Gasteiger partial charge in [-0.15, -0.1) is 5.57 Å². The van der Waals surface area contributed by atoms with Gasteiger partial charge in [0.2, 0.25) is 0 Å². The van der Waals surface area contributed by atoms with Crippen LogP contribution in [0, 0.1) is 31.1 Å². The fourth-order valence-electron chi connectivity index (χ4n) is 3.10. The number of amidine groups is 1. The van der Waals surface area contributed by atoms with E-state index in [9.17, 15) is 4.79 Å². The summed E-state index contributed by atoms with van der Waals surface area (Å²) in [6.45, 7) is 4.02. The second kappa shape index (κ2) is 9.44. The first kappa shape index (κ1) is 20.0. The number of aromatic nitrogens is 3. The van der Waals surface area contributed by atoms with Crippen LogP contribution >= 0.6 is 0 Å². The Morgan fingerprint density at radius 1 is 1.19 bits per heavy atom. The summed E-state index contributed by atoms with van der Waals surface area (Å²) in [5, 5.41) is 11.0. The molecule has 0 unspecified atom stereocenters. The third-order valence-corrected chi connectivity index (χ3v) is 4.51. The van der Waals surface area contributed by atoms with Gasteiger partial charge >= 0.3 is 31.1 Å². The topological polar surface area (TPSA) is 97.4 Å². The molecule has 0 bridgehead atoms. The van der Waals surface area contributed by atoms with Crippen LogP contribution in [0.3, 0.4) is 0 Å². The van der Waals surface area contributed by atoms with E-state index in [-0.39, 0.29) is 31.1 Å². The van der Waals surface area contributed by atoms with E-state index < -0.39 is 0 Å².